The van der Waals surface area contributed by atoms with Crippen molar-refractivity contribution in [2.75, 3.05) is 19.7 Å². The molecule has 34 heavy (non-hydrogen) atoms. The van der Waals surface area contributed by atoms with Gasteiger partial charge in [-0.2, -0.15) is 0 Å². The van der Waals surface area contributed by atoms with Gasteiger partial charge in [-0.05, 0) is 72.3 Å². The molecule has 2 aliphatic heterocycles. The zero-order valence-corrected chi connectivity index (χ0v) is 19.1. The van der Waals surface area contributed by atoms with Crippen LogP contribution in [0.15, 0.2) is 54.7 Å². The minimum atomic E-state index is -0.966. The van der Waals surface area contributed by atoms with Gasteiger partial charge in [-0.1, -0.05) is 36.4 Å². The number of nitrogens with zero attached hydrogens (tertiary/aromatic N) is 2. The van der Waals surface area contributed by atoms with Crippen LogP contribution in [-0.2, 0) is 9.53 Å². The minimum absolute atomic E-state index is 0.193. The number of rotatable bonds is 4. The molecule has 6 rings (SSSR count). The Morgan fingerprint density at radius 1 is 1.03 bits per heavy atom. The molecule has 1 N–H and O–H groups in total. The molecule has 2 aromatic carbocycles. The number of fused-ring (bicyclic) bond motifs is 1. The SMILES string of the molecule is O=C(O)c1cnc2cc(-c3ccc([C@@H]4CC45CCN(C(=O)[C@H]4CCCO4)CC5)cc3)ccc2c1. The van der Waals surface area contributed by atoms with Crippen molar-refractivity contribution in [1.82, 2.24) is 9.88 Å². The molecule has 1 amide bonds. The fraction of sp³-hybridized carbons (Fsp3) is 0.393. The standard InChI is InChI=1S/C28H28N2O4/c31-26(25-2-1-13-34-25)30-11-9-28(10-12-30)16-23(28)19-5-3-18(4-6-19)20-7-8-21-14-22(27(32)33)17-29-24(21)15-20/h3-8,14-15,17,23,25H,1-2,9-13,16H2,(H,32,33)/t23-,25+/m0/s1. The number of aromatic carboxylic acids is 1. The summed E-state index contributed by atoms with van der Waals surface area (Å²) in [7, 11) is 0. The Labute approximate surface area is 198 Å². The maximum absolute atomic E-state index is 12.7. The lowest BCUT2D eigenvalue weighted by Gasteiger charge is -2.34. The number of hydrogen-bond donors (Lipinski definition) is 1. The van der Waals surface area contributed by atoms with E-state index in [0.29, 0.717) is 17.9 Å². The van der Waals surface area contributed by atoms with Crippen LogP contribution in [0, 0.1) is 5.41 Å². The molecule has 1 spiro atoms. The Bertz CT molecular complexity index is 1260. The van der Waals surface area contributed by atoms with Crippen LogP contribution in [0.25, 0.3) is 22.0 Å². The van der Waals surface area contributed by atoms with Gasteiger partial charge in [0.1, 0.15) is 6.10 Å². The largest absolute Gasteiger partial charge is 0.478 e. The van der Waals surface area contributed by atoms with Crippen LogP contribution in [0.5, 0.6) is 0 Å². The first-order chi connectivity index (χ1) is 16.5. The highest BCUT2D eigenvalue weighted by Gasteiger charge is 2.55. The second kappa shape index (κ2) is 8.20. The molecule has 2 saturated heterocycles. The second-order valence-corrected chi connectivity index (χ2v) is 10.0. The first-order valence-electron chi connectivity index (χ1n) is 12.2. The van der Waals surface area contributed by atoms with Crippen molar-refractivity contribution in [2.24, 2.45) is 5.41 Å². The average Bonchev–Trinajstić information content (AvgIpc) is 3.28. The van der Waals surface area contributed by atoms with E-state index in [1.807, 2.05) is 23.1 Å². The molecule has 6 heteroatoms. The zero-order valence-electron chi connectivity index (χ0n) is 19.1. The van der Waals surface area contributed by atoms with E-state index in [9.17, 15) is 9.59 Å². The highest BCUT2D eigenvalue weighted by molar-refractivity contribution is 5.93. The van der Waals surface area contributed by atoms with E-state index in [-0.39, 0.29) is 17.6 Å². The van der Waals surface area contributed by atoms with Crippen molar-refractivity contribution in [2.45, 2.75) is 44.1 Å². The van der Waals surface area contributed by atoms with Gasteiger partial charge in [0, 0.05) is 31.3 Å². The van der Waals surface area contributed by atoms with Gasteiger partial charge in [0.2, 0.25) is 0 Å². The lowest BCUT2D eigenvalue weighted by molar-refractivity contribution is -0.142. The fourth-order valence-corrected chi connectivity index (χ4v) is 5.85. The number of carboxylic acids is 1. The summed E-state index contributed by atoms with van der Waals surface area (Å²) < 4.78 is 5.59. The molecular formula is C28H28N2O4. The highest BCUT2D eigenvalue weighted by Crippen LogP contribution is 2.65. The van der Waals surface area contributed by atoms with Crippen LogP contribution >= 0.6 is 0 Å². The van der Waals surface area contributed by atoms with Crippen molar-refractivity contribution in [3.8, 4) is 11.1 Å². The summed E-state index contributed by atoms with van der Waals surface area (Å²) in [5, 5.41) is 9.99. The third kappa shape index (κ3) is 3.76. The summed E-state index contributed by atoms with van der Waals surface area (Å²) in [5.74, 6) is -0.195. The summed E-state index contributed by atoms with van der Waals surface area (Å²) in [6.07, 6.45) is 6.42. The molecule has 1 aliphatic carbocycles. The zero-order chi connectivity index (χ0) is 23.3. The van der Waals surface area contributed by atoms with Gasteiger partial charge < -0.3 is 14.7 Å². The lowest BCUT2D eigenvalue weighted by atomic mass is 9.88. The van der Waals surface area contributed by atoms with Crippen LogP contribution in [-0.4, -0.2) is 52.7 Å². The van der Waals surface area contributed by atoms with E-state index in [2.05, 4.69) is 29.2 Å². The normalized spacial score (nSPS) is 23.4. The Kier molecular flexibility index (Phi) is 5.14. The minimum Gasteiger partial charge on any atom is -0.478 e. The summed E-state index contributed by atoms with van der Waals surface area (Å²) in [5.41, 5.74) is 4.92. The van der Waals surface area contributed by atoms with Crippen LogP contribution in [0.4, 0.5) is 0 Å². The lowest BCUT2D eigenvalue weighted by Crippen LogP contribution is -2.44. The fourth-order valence-electron chi connectivity index (χ4n) is 5.85. The molecule has 6 nitrogen and oxygen atoms in total. The number of amides is 1. The number of pyridine rings is 1. The first-order valence-corrected chi connectivity index (χ1v) is 12.2. The summed E-state index contributed by atoms with van der Waals surface area (Å²) in [6, 6.07) is 16.4. The third-order valence-electron chi connectivity index (χ3n) is 8.04. The highest BCUT2D eigenvalue weighted by atomic mass is 16.5. The van der Waals surface area contributed by atoms with E-state index in [4.69, 9.17) is 9.84 Å². The van der Waals surface area contributed by atoms with Crippen molar-refractivity contribution in [3.05, 3.63) is 65.9 Å². The Hall–Kier alpha value is -3.25. The molecule has 2 atom stereocenters. The van der Waals surface area contributed by atoms with Gasteiger partial charge in [-0.25, -0.2) is 4.79 Å². The Balaban J connectivity index is 1.12. The van der Waals surface area contributed by atoms with E-state index in [1.165, 1.54) is 18.2 Å². The van der Waals surface area contributed by atoms with Gasteiger partial charge >= 0.3 is 5.97 Å². The number of carboxylic acid groups (broad SMARTS) is 1. The number of carbonyl (C=O) groups excluding carboxylic acids is 1. The first kappa shape index (κ1) is 21.3. The van der Waals surface area contributed by atoms with Crippen molar-refractivity contribution < 1.29 is 19.4 Å². The van der Waals surface area contributed by atoms with Crippen LogP contribution in [0.3, 0.4) is 0 Å². The second-order valence-electron chi connectivity index (χ2n) is 10.0. The van der Waals surface area contributed by atoms with Gasteiger partial charge in [-0.15, -0.1) is 0 Å². The predicted molar refractivity (Wildman–Crippen MR) is 129 cm³/mol. The van der Waals surface area contributed by atoms with Crippen LogP contribution in [0.2, 0.25) is 0 Å². The third-order valence-corrected chi connectivity index (χ3v) is 8.04. The van der Waals surface area contributed by atoms with Gasteiger partial charge in [0.15, 0.2) is 0 Å². The average molecular weight is 457 g/mol. The molecule has 0 radical (unpaired) electrons. The van der Waals surface area contributed by atoms with E-state index < -0.39 is 5.97 Å². The van der Waals surface area contributed by atoms with E-state index in [1.54, 1.807) is 6.07 Å². The van der Waals surface area contributed by atoms with Crippen LogP contribution < -0.4 is 0 Å². The van der Waals surface area contributed by atoms with Gasteiger partial charge in [-0.3, -0.25) is 9.78 Å². The topological polar surface area (TPSA) is 79.7 Å². The molecule has 3 aromatic rings. The van der Waals surface area contributed by atoms with E-state index >= 15 is 0 Å². The summed E-state index contributed by atoms with van der Waals surface area (Å²) in [4.78, 5) is 30.2. The smallest absolute Gasteiger partial charge is 0.337 e. The molecule has 0 unspecified atom stereocenters. The number of likely N-dealkylation sites (tertiary alicyclic amines) is 1. The summed E-state index contributed by atoms with van der Waals surface area (Å²) >= 11 is 0. The van der Waals surface area contributed by atoms with Crippen molar-refractivity contribution in [3.63, 3.8) is 0 Å². The maximum atomic E-state index is 12.7. The molecule has 3 aliphatic rings. The van der Waals surface area contributed by atoms with E-state index in [0.717, 1.165) is 60.8 Å². The molecular weight excluding hydrogens is 428 g/mol. The quantitative estimate of drug-likeness (QED) is 0.606. The molecule has 1 saturated carbocycles. The number of piperidine rings is 1. The summed E-state index contributed by atoms with van der Waals surface area (Å²) in [6.45, 7) is 2.41. The van der Waals surface area contributed by atoms with Gasteiger partial charge in [0.05, 0.1) is 11.1 Å². The Morgan fingerprint density at radius 3 is 2.50 bits per heavy atom. The van der Waals surface area contributed by atoms with Crippen molar-refractivity contribution >= 4 is 22.8 Å². The number of carbonyl (C=O) groups is 2. The number of hydrogen-bond acceptors (Lipinski definition) is 4. The number of ether oxygens (including phenoxy) is 1. The van der Waals surface area contributed by atoms with Crippen LogP contribution in [0.1, 0.15) is 53.9 Å². The molecule has 1 aromatic heterocycles. The molecule has 174 valence electrons. The maximum Gasteiger partial charge on any atom is 0.337 e. The van der Waals surface area contributed by atoms with Crippen molar-refractivity contribution in [1.29, 1.82) is 0 Å². The number of benzene rings is 2. The Morgan fingerprint density at radius 2 is 1.79 bits per heavy atom. The van der Waals surface area contributed by atoms with Gasteiger partial charge in [0.25, 0.3) is 5.91 Å². The number of aromatic nitrogens is 1. The molecule has 3 heterocycles. The molecule has 0 bridgehead atoms. The predicted octanol–water partition coefficient (Wildman–Crippen LogP) is 4.88. The monoisotopic (exact) mass is 456 g/mol. The molecule has 3 fully saturated rings.